The summed E-state index contributed by atoms with van der Waals surface area (Å²) in [5.41, 5.74) is 1.23. The van der Waals surface area contributed by atoms with Crippen molar-refractivity contribution in [1.29, 1.82) is 0 Å². The van der Waals surface area contributed by atoms with Crippen molar-refractivity contribution in [2.45, 2.75) is 33.2 Å². The van der Waals surface area contributed by atoms with Crippen LogP contribution in [-0.4, -0.2) is 12.6 Å². The van der Waals surface area contributed by atoms with Crippen LogP contribution in [0.5, 0.6) is 0 Å². The fourth-order valence-electron chi connectivity index (χ4n) is 0.855. The second-order valence-corrected chi connectivity index (χ2v) is 3.16. The third-order valence-electron chi connectivity index (χ3n) is 2.03. The average molecular weight is 179 g/mol. The minimum Gasteiger partial charge on any atom is -0.310 e. The quantitative estimate of drug-likeness (QED) is 0.618. The van der Waals surface area contributed by atoms with E-state index in [1.165, 1.54) is 5.57 Å². The summed E-state index contributed by atoms with van der Waals surface area (Å²) in [7, 11) is 0. The number of hydrogen-bond donors (Lipinski definition) is 1. The van der Waals surface area contributed by atoms with E-state index in [1.807, 2.05) is 25.2 Å². The van der Waals surface area contributed by atoms with Gasteiger partial charge in [0.1, 0.15) is 0 Å². The molecule has 0 aliphatic carbocycles. The molecule has 1 heteroatoms. The predicted molar refractivity (Wildman–Crippen MR) is 60.8 cm³/mol. The summed E-state index contributed by atoms with van der Waals surface area (Å²) in [6.07, 6.45) is 9.20. The van der Waals surface area contributed by atoms with Crippen molar-refractivity contribution in [2.75, 3.05) is 6.54 Å². The zero-order chi connectivity index (χ0) is 10.1. The minimum atomic E-state index is 0.578. The van der Waals surface area contributed by atoms with E-state index in [9.17, 15) is 0 Å². The third kappa shape index (κ3) is 6.35. The van der Waals surface area contributed by atoms with Crippen LogP contribution in [0.15, 0.2) is 36.5 Å². The maximum atomic E-state index is 3.78. The molecule has 1 N–H and O–H groups in total. The van der Waals surface area contributed by atoms with Gasteiger partial charge in [-0.2, -0.15) is 0 Å². The number of allylic oxidation sites excluding steroid dienone is 3. The molecular weight excluding hydrogens is 158 g/mol. The van der Waals surface area contributed by atoms with E-state index in [1.54, 1.807) is 0 Å². The molecule has 1 nitrogen and oxygen atoms in total. The van der Waals surface area contributed by atoms with Crippen LogP contribution in [0.4, 0.5) is 0 Å². The molecule has 0 spiro atoms. The fraction of sp³-hybridized carbons (Fsp3) is 0.500. The van der Waals surface area contributed by atoms with Crippen molar-refractivity contribution in [1.82, 2.24) is 5.32 Å². The van der Waals surface area contributed by atoms with Gasteiger partial charge in [0, 0.05) is 12.6 Å². The van der Waals surface area contributed by atoms with Gasteiger partial charge in [-0.3, -0.25) is 0 Å². The van der Waals surface area contributed by atoms with Crippen LogP contribution in [-0.2, 0) is 0 Å². The van der Waals surface area contributed by atoms with Gasteiger partial charge in [0.05, 0.1) is 0 Å². The Balaban J connectivity index is 3.92. The van der Waals surface area contributed by atoms with Gasteiger partial charge in [-0.1, -0.05) is 37.8 Å². The molecule has 0 aromatic rings. The van der Waals surface area contributed by atoms with Gasteiger partial charge in [0.25, 0.3) is 0 Å². The number of nitrogens with one attached hydrogen (secondary N) is 1. The van der Waals surface area contributed by atoms with E-state index in [0.717, 1.165) is 13.0 Å². The number of hydrogen-bond acceptors (Lipinski definition) is 1. The van der Waals surface area contributed by atoms with Gasteiger partial charge in [0.15, 0.2) is 0 Å². The van der Waals surface area contributed by atoms with Crippen LogP contribution in [0.3, 0.4) is 0 Å². The Morgan fingerprint density at radius 3 is 2.69 bits per heavy atom. The summed E-state index contributed by atoms with van der Waals surface area (Å²) in [5, 5.41) is 3.42. The molecule has 0 unspecified atom stereocenters. The lowest BCUT2D eigenvalue weighted by Gasteiger charge is -2.11. The Kier molecular flexibility index (Phi) is 7.32. The van der Waals surface area contributed by atoms with E-state index in [4.69, 9.17) is 0 Å². The van der Waals surface area contributed by atoms with Crippen LogP contribution in [0.25, 0.3) is 0 Å². The summed E-state index contributed by atoms with van der Waals surface area (Å²) in [4.78, 5) is 0. The molecule has 0 aromatic carbocycles. The highest BCUT2D eigenvalue weighted by Gasteiger charge is 1.96. The lowest BCUT2D eigenvalue weighted by atomic mass is 10.2. The molecule has 0 saturated carbocycles. The molecule has 13 heavy (non-hydrogen) atoms. The summed E-state index contributed by atoms with van der Waals surface area (Å²) < 4.78 is 0. The molecule has 0 saturated heterocycles. The molecule has 0 amide bonds. The second kappa shape index (κ2) is 7.81. The minimum absolute atomic E-state index is 0.578. The molecule has 0 aromatic heterocycles. The van der Waals surface area contributed by atoms with Crippen LogP contribution in [0, 0.1) is 0 Å². The van der Waals surface area contributed by atoms with Crippen LogP contribution < -0.4 is 5.32 Å². The first-order valence-corrected chi connectivity index (χ1v) is 4.92. The molecule has 0 bridgehead atoms. The highest BCUT2D eigenvalue weighted by Crippen LogP contribution is 1.96. The van der Waals surface area contributed by atoms with Crippen LogP contribution in [0.2, 0.25) is 0 Å². The Morgan fingerprint density at radius 2 is 2.23 bits per heavy atom. The monoisotopic (exact) mass is 179 g/mol. The Bertz CT molecular complexity index is 189. The summed E-state index contributed by atoms with van der Waals surface area (Å²) in [6.45, 7) is 11.1. The van der Waals surface area contributed by atoms with E-state index >= 15 is 0 Å². The van der Waals surface area contributed by atoms with Gasteiger partial charge in [0.2, 0.25) is 0 Å². The van der Waals surface area contributed by atoms with Crippen molar-refractivity contribution in [3.63, 3.8) is 0 Å². The molecule has 0 aliphatic heterocycles. The summed E-state index contributed by atoms with van der Waals surface area (Å²) in [6, 6.07) is 0.578. The highest BCUT2D eigenvalue weighted by molar-refractivity contribution is 5.23. The normalized spacial score (nSPS) is 14.8. The fourth-order valence-corrected chi connectivity index (χ4v) is 0.855. The SMILES string of the molecule is C=C/C(=C\C=C/C)CN[C@H](C)CC. The Labute approximate surface area is 82.2 Å². The lowest BCUT2D eigenvalue weighted by Crippen LogP contribution is -2.26. The van der Waals surface area contributed by atoms with Gasteiger partial charge in [-0.05, 0) is 25.8 Å². The van der Waals surface area contributed by atoms with E-state index in [2.05, 4.69) is 31.8 Å². The van der Waals surface area contributed by atoms with E-state index in [-0.39, 0.29) is 0 Å². The van der Waals surface area contributed by atoms with E-state index in [0.29, 0.717) is 6.04 Å². The van der Waals surface area contributed by atoms with Gasteiger partial charge in [-0.15, -0.1) is 0 Å². The topological polar surface area (TPSA) is 12.0 Å². The molecular formula is C12H21N. The van der Waals surface area contributed by atoms with Crippen molar-refractivity contribution in [3.05, 3.63) is 36.5 Å². The standard InChI is InChI=1S/C12H21N/c1-5-8-9-12(7-3)10-13-11(4)6-2/h5,7-9,11,13H,3,6,10H2,1-2,4H3/b8-5-,12-9+/t11-/m1/s1. The maximum absolute atomic E-state index is 3.78. The average Bonchev–Trinajstić information content (AvgIpc) is 2.17. The number of rotatable bonds is 6. The first-order chi connectivity index (χ1) is 6.24. The molecule has 74 valence electrons. The van der Waals surface area contributed by atoms with Crippen LogP contribution in [0.1, 0.15) is 27.2 Å². The van der Waals surface area contributed by atoms with E-state index < -0.39 is 0 Å². The maximum Gasteiger partial charge on any atom is 0.0207 e. The zero-order valence-corrected chi connectivity index (χ0v) is 9.01. The van der Waals surface area contributed by atoms with Gasteiger partial charge < -0.3 is 5.32 Å². The molecule has 1 atom stereocenters. The molecule has 0 aliphatic rings. The van der Waals surface area contributed by atoms with Crippen molar-refractivity contribution in [3.8, 4) is 0 Å². The smallest absolute Gasteiger partial charge is 0.0207 e. The summed E-state index contributed by atoms with van der Waals surface area (Å²) in [5.74, 6) is 0. The summed E-state index contributed by atoms with van der Waals surface area (Å²) >= 11 is 0. The largest absolute Gasteiger partial charge is 0.310 e. The van der Waals surface area contributed by atoms with Crippen molar-refractivity contribution >= 4 is 0 Å². The van der Waals surface area contributed by atoms with Crippen LogP contribution >= 0.6 is 0 Å². The van der Waals surface area contributed by atoms with Crippen molar-refractivity contribution < 1.29 is 0 Å². The molecule has 0 heterocycles. The lowest BCUT2D eigenvalue weighted by molar-refractivity contribution is 0.562. The van der Waals surface area contributed by atoms with Crippen molar-refractivity contribution in [2.24, 2.45) is 0 Å². The second-order valence-electron chi connectivity index (χ2n) is 3.16. The Morgan fingerprint density at radius 1 is 1.54 bits per heavy atom. The predicted octanol–water partition coefficient (Wildman–Crippen LogP) is 3.06. The first kappa shape index (κ1) is 12.2. The zero-order valence-electron chi connectivity index (χ0n) is 9.01. The third-order valence-corrected chi connectivity index (χ3v) is 2.03. The molecule has 0 fully saturated rings. The van der Waals surface area contributed by atoms with Gasteiger partial charge in [-0.25, -0.2) is 0 Å². The first-order valence-electron chi connectivity index (χ1n) is 4.92. The highest BCUT2D eigenvalue weighted by atomic mass is 14.9. The molecule has 0 rings (SSSR count). The van der Waals surface area contributed by atoms with Gasteiger partial charge >= 0.3 is 0 Å². The molecule has 0 radical (unpaired) electrons. The Hall–Kier alpha value is -0.820.